The second-order valence-electron chi connectivity index (χ2n) is 31.9. The first-order chi connectivity index (χ1) is 63.7. The molecule has 16 rings (SSSR count). The van der Waals surface area contributed by atoms with Crippen LogP contribution in [0.3, 0.4) is 0 Å². The third-order valence-electron chi connectivity index (χ3n) is 20.8. The predicted octanol–water partition coefficient (Wildman–Crippen LogP) is 19.8. The molecule has 0 bridgehead atoms. The fourth-order valence-corrected chi connectivity index (χ4v) is 13.8. The van der Waals surface area contributed by atoms with Gasteiger partial charge < -0.3 is 70.8 Å². The first-order valence-electron chi connectivity index (χ1n) is 42.5. The molecule has 662 valence electrons. The van der Waals surface area contributed by atoms with Gasteiger partial charge in [-0.2, -0.15) is 0 Å². The Kier molecular flexibility index (Phi) is 30.9. The van der Waals surface area contributed by atoms with E-state index in [0.29, 0.717) is 145 Å². The number of allylic oxidation sites excluding steroid dienone is 1. The van der Waals surface area contributed by atoms with Gasteiger partial charge >= 0.3 is 6.03 Å². The lowest BCUT2D eigenvalue weighted by Crippen LogP contribution is -2.20. The number of nitrogen functional groups attached to an aromatic ring is 4. The number of carbonyl (C=O) groups is 6. The summed E-state index contributed by atoms with van der Waals surface area (Å²) in [5.41, 5.74) is 46.5. The molecule has 0 atom stereocenters. The number of carbonyl (C=O) groups excluding carboxylic acids is 6. The first-order valence-corrected chi connectivity index (χ1v) is 42.5. The van der Waals surface area contributed by atoms with E-state index in [2.05, 4.69) is 107 Å². The third kappa shape index (κ3) is 27.8. The van der Waals surface area contributed by atoms with E-state index in [1.165, 1.54) is 12.8 Å². The molecule has 132 heavy (non-hydrogen) atoms. The SMILES string of the molecule is C=C(Nc1ccc(C)c(C(=O)Nc2cnc(Cc3cccc(N)c3)nc2)c1)C1CC1.C=C(Nc1cccc(C(=O)Nc2cnc(Cc3cccc(N)c3)nc2)c1)c1cccc(C)c1.Cc1cccc(NC(=O)Nc2ccc(C)c(C(=O)Nc3cnc(Cc4cccc(N)c4)nc3)c2)c1.Cc1cccc(NC(=O)c2ccc(C)c(C(=O)Nc3cnc(Cc4cccc(N)c4)nc3)c2)c1. The topological polar surface area (TPSA) is 418 Å². The van der Waals surface area contributed by atoms with Gasteiger partial charge in [0.05, 0.1) is 72.3 Å². The zero-order chi connectivity index (χ0) is 93.2. The summed E-state index contributed by atoms with van der Waals surface area (Å²) in [4.78, 5) is 111. The van der Waals surface area contributed by atoms with Crippen LogP contribution < -0.4 is 70.8 Å². The second-order valence-corrected chi connectivity index (χ2v) is 31.9. The number of benzene rings is 11. The number of anilines is 13. The van der Waals surface area contributed by atoms with Crippen molar-refractivity contribution in [3.63, 3.8) is 0 Å². The van der Waals surface area contributed by atoms with E-state index in [4.69, 9.17) is 22.9 Å². The molecule has 27 heteroatoms. The fraction of sp³-hybridized carbons (Fsp3) is 0.124. The molecule has 17 N–H and O–H groups in total. The van der Waals surface area contributed by atoms with E-state index in [9.17, 15) is 28.8 Å². The molecule has 0 saturated heterocycles. The summed E-state index contributed by atoms with van der Waals surface area (Å²) in [6, 6.07) is 76.3. The minimum Gasteiger partial charge on any atom is -0.399 e. The number of nitrogens with one attached hydrogen (secondary N) is 9. The van der Waals surface area contributed by atoms with E-state index in [0.717, 1.165) is 84.0 Å². The summed E-state index contributed by atoms with van der Waals surface area (Å²) in [5.74, 6) is 1.73. The molecule has 7 amide bonds. The van der Waals surface area contributed by atoms with Crippen LogP contribution in [-0.2, 0) is 25.7 Å². The van der Waals surface area contributed by atoms with Crippen molar-refractivity contribution in [1.29, 1.82) is 0 Å². The van der Waals surface area contributed by atoms with Crippen molar-refractivity contribution in [2.24, 2.45) is 5.92 Å². The van der Waals surface area contributed by atoms with E-state index in [1.807, 2.05) is 236 Å². The highest BCUT2D eigenvalue weighted by Gasteiger charge is 2.25. The van der Waals surface area contributed by atoms with Crippen LogP contribution in [0.2, 0.25) is 0 Å². The molecule has 1 aliphatic carbocycles. The van der Waals surface area contributed by atoms with E-state index < -0.39 is 6.03 Å². The van der Waals surface area contributed by atoms with Gasteiger partial charge in [0, 0.05) is 116 Å². The Morgan fingerprint density at radius 2 is 0.576 bits per heavy atom. The van der Waals surface area contributed by atoms with Crippen LogP contribution in [0, 0.1) is 47.5 Å². The summed E-state index contributed by atoms with van der Waals surface area (Å²) < 4.78 is 0. The average Bonchev–Trinajstić information content (AvgIpc) is 1.17. The van der Waals surface area contributed by atoms with Crippen LogP contribution in [-0.4, -0.2) is 75.4 Å². The van der Waals surface area contributed by atoms with Gasteiger partial charge in [0.25, 0.3) is 29.5 Å². The number of aromatic nitrogens is 8. The Labute approximate surface area is 765 Å². The van der Waals surface area contributed by atoms with E-state index in [1.54, 1.807) is 98.1 Å². The van der Waals surface area contributed by atoms with Gasteiger partial charge in [-0.3, -0.25) is 24.0 Å². The number of urea groups is 1. The predicted molar refractivity (Wildman–Crippen MR) is 527 cm³/mol. The maximum absolute atomic E-state index is 12.9. The lowest BCUT2D eigenvalue weighted by molar-refractivity contribution is 0.101. The zero-order valence-corrected chi connectivity index (χ0v) is 73.9. The van der Waals surface area contributed by atoms with Crippen LogP contribution >= 0.6 is 0 Å². The standard InChI is InChI=1S/C27H26N6O2.C27H25N5O2.C27H25N5O.C24H25N5O/c1-17-5-3-8-21(11-17)32-27(35)33-22-10-9-18(2)24(14-22)26(34)31-23-15-29-25(30-16-23)13-19-6-4-7-20(28)12-19;1-17-5-3-8-22(11-17)31-26(33)20-10-9-18(2)24(14-20)27(34)32-23-15-29-25(30-16-23)13-19-6-4-7-21(28)12-19;1-18-6-3-8-21(12-18)19(2)31-24-11-5-9-22(15-24)27(33)32-25-16-29-26(30-17-25)14-20-7-4-10-23(28)13-20;1-15-6-9-20(28-16(2)18-7-8-18)12-22(15)24(30)29-21-13-26-23(27-14-21)11-17-4-3-5-19(25)10-17/h3-12,14-16H,13,28H2,1-2H3,(H,31,34)(H2,32,33,35);3-12,14-16H,13,28H2,1-2H3,(H,31,33)(H,32,34);3-13,15-17,31H,2,14,28H2,1H3,(H,32,33);3-6,9-10,12-14,18,28H,2,7-8,11,25H2,1H3,(H,29,30). The Morgan fingerprint density at radius 3 is 0.947 bits per heavy atom. The van der Waals surface area contributed by atoms with Crippen molar-refractivity contribution in [2.45, 2.75) is 80.1 Å². The van der Waals surface area contributed by atoms with Gasteiger partial charge in [-0.25, -0.2) is 44.7 Å². The summed E-state index contributed by atoms with van der Waals surface area (Å²) in [7, 11) is 0. The van der Waals surface area contributed by atoms with Crippen molar-refractivity contribution in [3.05, 3.63) is 429 Å². The monoisotopic (exact) mass is 1750 g/mol. The van der Waals surface area contributed by atoms with Crippen molar-refractivity contribution in [3.8, 4) is 0 Å². The molecule has 4 aromatic heterocycles. The van der Waals surface area contributed by atoms with Gasteiger partial charge in [-0.15, -0.1) is 0 Å². The third-order valence-corrected chi connectivity index (χ3v) is 20.8. The highest BCUT2D eigenvalue weighted by atomic mass is 16.2. The molecule has 11 aromatic carbocycles. The number of hydrogen-bond donors (Lipinski definition) is 13. The van der Waals surface area contributed by atoms with Gasteiger partial charge in [0.15, 0.2) is 0 Å². The molecule has 1 saturated carbocycles. The fourth-order valence-electron chi connectivity index (χ4n) is 13.8. The lowest BCUT2D eigenvalue weighted by atomic mass is 10.0. The first kappa shape index (κ1) is 92.3. The molecule has 0 aliphatic heterocycles. The molecule has 4 heterocycles. The van der Waals surface area contributed by atoms with Gasteiger partial charge in [0.1, 0.15) is 23.3 Å². The minimum atomic E-state index is -0.394. The number of aryl methyl sites for hydroxylation is 6. The summed E-state index contributed by atoms with van der Waals surface area (Å²) in [6.07, 6.45) is 17.3. The van der Waals surface area contributed by atoms with Gasteiger partial charge in [0.2, 0.25) is 0 Å². The molecule has 15 aromatic rings. The molecule has 0 radical (unpaired) electrons. The zero-order valence-electron chi connectivity index (χ0n) is 73.9. The van der Waals surface area contributed by atoms with Crippen molar-refractivity contribution in [1.82, 2.24) is 39.9 Å². The molecule has 1 aliphatic rings. The Balaban J connectivity index is 0.000000150. The van der Waals surface area contributed by atoms with Crippen LogP contribution in [0.25, 0.3) is 5.70 Å². The van der Waals surface area contributed by atoms with Crippen LogP contribution in [0.5, 0.6) is 0 Å². The highest BCUT2D eigenvalue weighted by Crippen LogP contribution is 2.36. The summed E-state index contributed by atoms with van der Waals surface area (Å²) >= 11 is 0. The number of amides is 7. The molecule has 0 unspecified atom stereocenters. The normalized spacial score (nSPS) is 11.0. The second kappa shape index (κ2) is 44.2. The highest BCUT2D eigenvalue weighted by molar-refractivity contribution is 6.10. The quantitative estimate of drug-likeness (QED) is 0.0224. The smallest absolute Gasteiger partial charge is 0.323 e. The molecule has 0 spiro atoms. The molecule has 1 fully saturated rings. The number of nitrogens with zero attached hydrogens (tertiary/aromatic N) is 8. The summed E-state index contributed by atoms with van der Waals surface area (Å²) in [6.45, 7) is 19.7. The molecular formula is C105H101N21O6. The Hall–Kier alpha value is -17.4. The van der Waals surface area contributed by atoms with E-state index in [-0.39, 0.29) is 29.5 Å². The van der Waals surface area contributed by atoms with Crippen molar-refractivity contribution >= 4 is 115 Å². The van der Waals surface area contributed by atoms with Crippen molar-refractivity contribution < 1.29 is 28.8 Å². The lowest BCUT2D eigenvalue weighted by Gasteiger charge is -2.12. The van der Waals surface area contributed by atoms with E-state index >= 15 is 0 Å². The minimum absolute atomic E-state index is 0.194. The Morgan fingerprint density at radius 1 is 0.280 bits per heavy atom. The average molecular weight is 1750 g/mol. The van der Waals surface area contributed by atoms with Gasteiger partial charge in [-0.1, -0.05) is 134 Å². The molecule has 27 nitrogen and oxygen atoms in total. The number of hydrogen-bond acceptors (Lipinski definition) is 20. The largest absolute Gasteiger partial charge is 0.399 e. The summed E-state index contributed by atoms with van der Waals surface area (Å²) in [5, 5.41) is 26.4. The van der Waals surface area contributed by atoms with Crippen LogP contribution in [0.4, 0.5) is 78.7 Å². The maximum atomic E-state index is 12.9. The Bertz CT molecular complexity index is 6710. The van der Waals surface area contributed by atoms with Gasteiger partial charge in [-0.05, 0) is 249 Å². The molecular weight excluding hydrogens is 1650 g/mol. The van der Waals surface area contributed by atoms with Crippen LogP contribution in [0.1, 0.15) is 149 Å². The maximum Gasteiger partial charge on any atom is 0.323 e. The van der Waals surface area contributed by atoms with Crippen molar-refractivity contribution in [2.75, 3.05) is 70.8 Å². The van der Waals surface area contributed by atoms with Crippen LogP contribution in [0.15, 0.2) is 317 Å². The number of rotatable bonds is 26. The number of nitrogens with two attached hydrogens (primary N) is 4.